The first-order valence-corrected chi connectivity index (χ1v) is 6.84. The van der Waals surface area contributed by atoms with Gasteiger partial charge in [-0.05, 0) is 41.0 Å². The molecule has 20 heavy (non-hydrogen) atoms. The van der Waals surface area contributed by atoms with E-state index in [9.17, 15) is 14.4 Å². The molecule has 0 aliphatic carbocycles. The quantitative estimate of drug-likeness (QED) is 0.571. The molecule has 1 fully saturated rings. The van der Waals surface area contributed by atoms with Crippen molar-refractivity contribution in [1.82, 2.24) is 4.90 Å². The predicted molar refractivity (Wildman–Crippen MR) is 72.1 cm³/mol. The molecule has 0 saturated carbocycles. The number of esters is 1. The van der Waals surface area contributed by atoms with Crippen molar-refractivity contribution >= 4 is 17.8 Å². The van der Waals surface area contributed by atoms with Gasteiger partial charge >= 0.3 is 12.1 Å². The summed E-state index contributed by atoms with van der Waals surface area (Å²) < 4.78 is 10.1. The van der Waals surface area contributed by atoms with Crippen LogP contribution in [-0.2, 0) is 19.1 Å². The minimum atomic E-state index is -0.774. The number of ether oxygens (including phenoxy) is 2. The van der Waals surface area contributed by atoms with Gasteiger partial charge < -0.3 is 9.47 Å². The molecule has 0 radical (unpaired) electrons. The lowest BCUT2D eigenvalue weighted by molar-refractivity contribution is -0.154. The number of likely N-dealkylation sites (tertiary alicyclic amines) is 1. The number of carbonyl (C=O) groups excluding carboxylic acids is 3. The Morgan fingerprint density at radius 3 is 2.45 bits per heavy atom. The second kappa shape index (κ2) is 6.24. The Bertz CT molecular complexity index is 399. The van der Waals surface area contributed by atoms with E-state index in [0.717, 1.165) is 0 Å². The molecule has 2 atom stereocenters. The van der Waals surface area contributed by atoms with Gasteiger partial charge in [-0.2, -0.15) is 0 Å². The first-order valence-electron chi connectivity index (χ1n) is 6.84. The lowest BCUT2D eigenvalue weighted by Gasteiger charge is -2.36. The van der Waals surface area contributed by atoms with Crippen LogP contribution in [0, 0.1) is 5.92 Å². The predicted octanol–water partition coefficient (Wildman–Crippen LogP) is 1.76. The second-order valence-corrected chi connectivity index (χ2v) is 5.96. The molecular weight excluding hydrogens is 262 g/mol. The van der Waals surface area contributed by atoms with Crippen molar-refractivity contribution in [3.63, 3.8) is 0 Å². The highest BCUT2D eigenvalue weighted by molar-refractivity contribution is 6.01. The maximum atomic E-state index is 12.0. The van der Waals surface area contributed by atoms with E-state index in [4.69, 9.17) is 9.47 Å². The largest absolute Gasteiger partial charge is 0.465 e. The molecule has 0 aromatic carbocycles. The summed E-state index contributed by atoms with van der Waals surface area (Å²) in [5.41, 5.74) is -0.613. The summed E-state index contributed by atoms with van der Waals surface area (Å²) >= 11 is 0. The maximum absolute atomic E-state index is 12.0. The van der Waals surface area contributed by atoms with E-state index < -0.39 is 23.6 Å². The van der Waals surface area contributed by atoms with Gasteiger partial charge in [0.15, 0.2) is 5.78 Å². The molecule has 6 nitrogen and oxygen atoms in total. The molecule has 0 bridgehead atoms. The first kappa shape index (κ1) is 16.5. The van der Waals surface area contributed by atoms with Gasteiger partial charge in [-0.25, -0.2) is 4.79 Å². The van der Waals surface area contributed by atoms with Crippen LogP contribution in [0.2, 0.25) is 0 Å². The van der Waals surface area contributed by atoms with Crippen LogP contribution >= 0.6 is 0 Å². The fourth-order valence-electron chi connectivity index (χ4n) is 2.07. The molecule has 1 amide bonds. The second-order valence-electron chi connectivity index (χ2n) is 5.96. The molecule has 0 aromatic rings. The number of nitrogens with zero attached hydrogens (tertiary/aromatic N) is 1. The SMILES string of the molecule is CCOC(=O)C1C[C@@H](C)N(C(=O)OC(C)(C)C)CC1=O. The molecule has 114 valence electrons. The van der Waals surface area contributed by atoms with Crippen molar-refractivity contribution in [2.75, 3.05) is 13.2 Å². The maximum Gasteiger partial charge on any atom is 0.410 e. The normalized spacial score (nSPS) is 23.4. The van der Waals surface area contributed by atoms with Crippen molar-refractivity contribution in [2.45, 2.75) is 52.7 Å². The highest BCUT2D eigenvalue weighted by Gasteiger charge is 2.40. The van der Waals surface area contributed by atoms with Gasteiger partial charge in [0.05, 0.1) is 13.2 Å². The average Bonchev–Trinajstić information content (AvgIpc) is 2.29. The van der Waals surface area contributed by atoms with Crippen LogP contribution < -0.4 is 0 Å². The summed E-state index contributed by atoms with van der Waals surface area (Å²) in [4.78, 5) is 37.0. The number of amides is 1. The van der Waals surface area contributed by atoms with Crippen molar-refractivity contribution in [3.8, 4) is 0 Å². The third kappa shape index (κ3) is 4.21. The number of carbonyl (C=O) groups is 3. The van der Waals surface area contributed by atoms with Crippen LogP contribution in [0.3, 0.4) is 0 Å². The molecule has 6 heteroatoms. The lowest BCUT2D eigenvalue weighted by Crippen LogP contribution is -2.52. The summed E-state index contributed by atoms with van der Waals surface area (Å²) in [5.74, 6) is -1.58. The van der Waals surface area contributed by atoms with Crippen molar-refractivity contribution in [1.29, 1.82) is 0 Å². The number of piperidine rings is 1. The Morgan fingerprint density at radius 1 is 1.35 bits per heavy atom. The highest BCUT2D eigenvalue weighted by Crippen LogP contribution is 2.23. The zero-order valence-electron chi connectivity index (χ0n) is 12.8. The molecule has 1 aliphatic rings. The molecule has 1 unspecified atom stereocenters. The van der Waals surface area contributed by atoms with E-state index in [1.54, 1.807) is 34.6 Å². The van der Waals surface area contributed by atoms with E-state index >= 15 is 0 Å². The van der Waals surface area contributed by atoms with E-state index in [1.165, 1.54) is 4.90 Å². The first-order chi connectivity index (χ1) is 9.15. The zero-order valence-corrected chi connectivity index (χ0v) is 12.8. The fraction of sp³-hybridized carbons (Fsp3) is 0.786. The number of Topliss-reactive ketones (excluding diaryl/α,β-unsaturated/α-hetero) is 1. The number of hydrogen-bond acceptors (Lipinski definition) is 5. The summed E-state index contributed by atoms with van der Waals surface area (Å²) in [6.07, 6.45) is -0.252. The summed E-state index contributed by atoms with van der Waals surface area (Å²) in [7, 11) is 0. The number of rotatable bonds is 2. The Kier molecular flexibility index (Phi) is 5.14. The van der Waals surface area contributed by atoms with Crippen LogP contribution in [-0.4, -0.2) is 47.5 Å². The van der Waals surface area contributed by atoms with Gasteiger partial charge in [-0.1, -0.05) is 0 Å². The fourth-order valence-corrected chi connectivity index (χ4v) is 2.07. The summed E-state index contributed by atoms with van der Waals surface area (Å²) in [5, 5.41) is 0. The Morgan fingerprint density at radius 2 is 1.95 bits per heavy atom. The van der Waals surface area contributed by atoms with Gasteiger partial charge in [0.25, 0.3) is 0 Å². The smallest absolute Gasteiger partial charge is 0.410 e. The minimum absolute atomic E-state index is 0.112. The van der Waals surface area contributed by atoms with Crippen LogP contribution in [0.1, 0.15) is 41.0 Å². The van der Waals surface area contributed by atoms with Gasteiger partial charge in [-0.15, -0.1) is 0 Å². The third-order valence-electron chi connectivity index (χ3n) is 3.02. The molecule has 1 aliphatic heterocycles. The van der Waals surface area contributed by atoms with Crippen LogP contribution in [0.25, 0.3) is 0 Å². The van der Waals surface area contributed by atoms with Crippen LogP contribution in [0.5, 0.6) is 0 Å². The molecule has 0 N–H and O–H groups in total. The monoisotopic (exact) mass is 285 g/mol. The van der Waals surface area contributed by atoms with E-state index in [-0.39, 0.29) is 31.4 Å². The van der Waals surface area contributed by atoms with Crippen molar-refractivity contribution < 1.29 is 23.9 Å². The summed E-state index contributed by atoms with van der Waals surface area (Å²) in [6, 6.07) is -0.239. The topological polar surface area (TPSA) is 72.9 Å². The molecule has 1 saturated heterocycles. The zero-order chi connectivity index (χ0) is 15.5. The van der Waals surface area contributed by atoms with E-state index in [2.05, 4.69) is 0 Å². The molecule has 0 aromatic heterocycles. The summed E-state index contributed by atoms with van der Waals surface area (Å²) in [6.45, 7) is 8.92. The van der Waals surface area contributed by atoms with E-state index in [1.807, 2.05) is 0 Å². The van der Waals surface area contributed by atoms with E-state index in [0.29, 0.717) is 0 Å². The average molecular weight is 285 g/mol. The molecular formula is C14H23NO5. The van der Waals surface area contributed by atoms with Crippen LogP contribution in [0.15, 0.2) is 0 Å². The van der Waals surface area contributed by atoms with Crippen LogP contribution in [0.4, 0.5) is 4.79 Å². The standard InChI is InChI=1S/C14H23NO5/c1-6-19-12(17)10-7-9(2)15(8-11(10)16)13(18)20-14(3,4)5/h9-10H,6-8H2,1-5H3/t9-,10?/m1/s1. The number of hydrogen-bond donors (Lipinski definition) is 0. The molecule has 1 rings (SSSR count). The van der Waals surface area contributed by atoms with Gasteiger partial charge in [0.1, 0.15) is 11.5 Å². The third-order valence-corrected chi connectivity index (χ3v) is 3.02. The Hall–Kier alpha value is -1.59. The molecule has 1 heterocycles. The van der Waals surface area contributed by atoms with Gasteiger partial charge in [0.2, 0.25) is 0 Å². The highest BCUT2D eigenvalue weighted by atomic mass is 16.6. The molecule has 0 spiro atoms. The van der Waals surface area contributed by atoms with Crippen molar-refractivity contribution in [2.24, 2.45) is 5.92 Å². The van der Waals surface area contributed by atoms with Crippen molar-refractivity contribution in [3.05, 3.63) is 0 Å². The number of ketones is 1. The Balaban J connectivity index is 2.71. The Labute approximate surface area is 119 Å². The lowest BCUT2D eigenvalue weighted by atomic mass is 9.91. The minimum Gasteiger partial charge on any atom is -0.465 e. The van der Waals surface area contributed by atoms with Gasteiger partial charge in [0, 0.05) is 6.04 Å². The van der Waals surface area contributed by atoms with Gasteiger partial charge in [-0.3, -0.25) is 14.5 Å².